The molecule has 1 aromatic carbocycles. The molecular formula is C15H23FN2O. The van der Waals surface area contributed by atoms with Crippen LogP contribution < -0.4 is 5.73 Å². The van der Waals surface area contributed by atoms with E-state index in [4.69, 9.17) is 10.5 Å². The Morgan fingerprint density at radius 3 is 2.89 bits per heavy atom. The zero-order chi connectivity index (χ0) is 13.7. The molecule has 0 bridgehead atoms. The molecule has 3 nitrogen and oxygen atoms in total. The van der Waals surface area contributed by atoms with Crippen molar-refractivity contribution in [1.29, 1.82) is 0 Å². The van der Waals surface area contributed by atoms with Gasteiger partial charge >= 0.3 is 0 Å². The normalized spacial score (nSPS) is 23.0. The average Bonchev–Trinajstić information content (AvgIpc) is 2.61. The molecule has 19 heavy (non-hydrogen) atoms. The summed E-state index contributed by atoms with van der Waals surface area (Å²) in [6.07, 6.45) is 2.26. The summed E-state index contributed by atoms with van der Waals surface area (Å²) in [5.74, 6) is -0.213. The second-order valence-electron chi connectivity index (χ2n) is 5.28. The van der Waals surface area contributed by atoms with Gasteiger partial charge in [-0.3, -0.25) is 0 Å². The van der Waals surface area contributed by atoms with E-state index < -0.39 is 0 Å². The summed E-state index contributed by atoms with van der Waals surface area (Å²) in [6, 6.07) is 6.45. The Kier molecular flexibility index (Phi) is 5.31. The van der Waals surface area contributed by atoms with E-state index in [2.05, 4.69) is 11.8 Å². The molecule has 0 spiro atoms. The van der Waals surface area contributed by atoms with Gasteiger partial charge in [0.25, 0.3) is 0 Å². The lowest BCUT2D eigenvalue weighted by molar-refractivity contribution is 0.0674. The van der Waals surface area contributed by atoms with Crippen molar-refractivity contribution in [2.24, 2.45) is 5.73 Å². The first kappa shape index (κ1) is 14.4. The third-order valence-corrected chi connectivity index (χ3v) is 3.59. The van der Waals surface area contributed by atoms with E-state index in [9.17, 15) is 4.39 Å². The maximum Gasteiger partial charge on any atom is 0.123 e. The summed E-state index contributed by atoms with van der Waals surface area (Å²) < 4.78 is 18.5. The van der Waals surface area contributed by atoms with Gasteiger partial charge in [-0.1, -0.05) is 12.1 Å². The molecule has 2 unspecified atom stereocenters. The smallest absolute Gasteiger partial charge is 0.123 e. The van der Waals surface area contributed by atoms with Gasteiger partial charge in [-0.2, -0.15) is 0 Å². The van der Waals surface area contributed by atoms with Gasteiger partial charge in [0.15, 0.2) is 0 Å². The van der Waals surface area contributed by atoms with Crippen LogP contribution in [0.2, 0.25) is 0 Å². The first-order chi connectivity index (χ1) is 9.15. The van der Waals surface area contributed by atoms with Crippen LogP contribution in [0.4, 0.5) is 4.39 Å². The summed E-state index contributed by atoms with van der Waals surface area (Å²) in [4.78, 5) is 2.40. The van der Waals surface area contributed by atoms with E-state index in [-0.39, 0.29) is 11.9 Å². The maximum absolute atomic E-state index is 12.9. The summed E-state index contributed by atoms with van der Waals surface area (Å²) >= 11 is 0. The molecule has 2 atom stereocenters. The fourth-order valence-corrected chi connectivity index (χ4v) is 2.48. The minimum atomic E-state index is -0.213. The Morgan fingerprint density at radius 2 is 2.16 bits per heavy atom. The molecule has 1 fully saturated rings. The summed E-state index contributed by atoms with van der Waals surface area (Å²) in [5.41, 5.74) is 7.16. The topological polar surface area (TPSA) is 38.5 Å². The Bertz CT molecular complexity index is 382. The Balaban J connectivity index is 1.82. The van der Waals surface area contributed by atoms with Crippen molar-refractivity contribution < 1.29 is 9.13 Å². The van der Waals surface area contributed by atoms with Crippen molar-refractivity contribution in [3.05, 3.63) is 35.6 Å². The molecule has 0 amide bonds. The van der Waals surface area contributed by atoms with E-state index in [0.717, 1.165) is 44.6 Å². The molecule has 1 aliphatic rings. The average molecular weight is 266 g/mol. The van der Waals surface area contributed by atoms with Crippen LogP contribution in [-0.2, 0) is 4.74 Å². The zero-order valence-corrected chi connectivity index (χ0v) is 11.5. The van der Waals surface area contributed by atoms with Gasteiger partial charge in [-0.25, -0.2) is 4.39 Å². The second kappa shape index (κ2) is 6.98. The molecule has 0 radical (unpaired) electrons. The summed E-state index contributed by atoms with van der Waals surface area (Å²) in [5, 5.41) is 0. The van der Waals surface area contributed by atoms with Crippen LogP contribution in [0.3, 0.4) is 0 Å². The number of ether oxygens (including phenoxy) is 1. The minimum absolute atomic E-state index is 0.0277. The van der Waals surface area contributed by atoms with Gasteiger partial charge in [0.2, 0.25) is 0 Å². The molecule has 1 aliphatic heterocycles. The number of rotatable bonds is 4. The number of hydrogen-bond donors (Lipinski definition) is 1. The Hall–Kier alpha value is -0.970. The fourth-order valence-electron chi connectivity index (χ4n) is 2.48. The van der Waals surface area contributed by atoms with Gasteiger partial charge in [-0.05, 0) is 37.5 Å². The minimum Gasteiger partial charge on any atom is -0.377 e. The van der Waals surface area contributed by atoms with Crippen molar-refractivity contribution in [3.63, 3.8) is 0 Å². The van der Waals surface area contributed by atoms with Crippen molar-refractivity contribution in [3.8, 4) is 0 Å². The molecule has 0 aromatic heterocycles. The Labute approximate surface area is 114 Å². The zero-order valence-electron chi connectivity index (χ0n) is 11.5. The third kappa shape index (κ3) is 4.56. The van der Waals surface area contributed by atoms with Crippen molar-refractivity contribution in [2.75, 3.05) is 26.2 Å². The van der Waals surface area contributed by atoms with Gasteiger partial charge in [0, 0.05) is 32.3 Å². The lowest BCUT2D eigenvalue weighted by Gasteiger charge is -2.23. The third-order valence-electron chi connectivity index (χ3n) is 3.59. The molecule has 106 valence electrons. The van der Waals surface area contributed by atoms with Crippen LogP contribution in [-0.4, -0.2) is 37.2 Å². The molecule has 0 saturated carbocycles. The molecular weight excluding hydrogens is 243 g/mol. The first-order valence-corrected chi connectivity index (χ1v) is 7.00. The van der Waals surface area contributed by atoms with E-state index in [1.54, 1.807) is 12.1 Å². The predicted octanol–water partition coefficient (Wildman–Crippen LogP) is 2.33. The molecule has 2 rings (SSSR count). The summed E-state index contributed by atoms with van der Waals surface area (Å²) in [7, 11) is 0. The lowest BCUT2D eigenvalue weighted by atomic mass is 10.0. The number of nitrogens with zero attached hydrogens (tertiary/aromatic N) is 1. The maximum atomic E-state index is 12.9. The molecule has 1 saturated heterocycles. The fraction of sp³-hybridized carbons (Fsp3) is 0.600. The van der Waals surface area contributed by atoms with Crippen LogP contribution in [0.15, 0.2) is 24.3 Å². The number of nitrogens with two attached hydrogens (primary N) is 1. The van der Waals surface area contributed by atoms with Crippen molar-refractivity contribution >= 4 is 0 Å². The van der Waals surface area contributed by atoms with Crippen LogP contribution in [0, 0.1) is 5.82 Å². The molecule has 4 heteroatoms. The van der Waals surface area contributed by atoms with Crippen LogP contribution >= 0.6 is 0 Å². The number of hydrogen-bond acceptors (Lipinski definition) is 3. The van der Waals surface area contributed by atoms with E-state index >= 15 is 0 Å². The number of halogens is 1. The van der Waals surface area contributed by atoms with Crippen LogP contribution in [0.25, 0.3) is 0 Å². The highest BCUT2D eigenvalue weighted by Gasteiger charge is 2.16. The number of benzene rings is 1. The molecule has 2 N–H and O–H groups in total. The van der Waals surface area contributed by atoms with Crippen LogP contribution in [0.5, 0.6) is 0 Å². The van der Waals surface area contributed by atoms with Gasteiger partial charge < -0.3 is 15.4 Å². The van der Waals surface area contributed by atoms with Crippen molar-refractivity contribution in [2.45, 2.75) is 31.9 Å². The second-order valence-corrected chi connectivity index (χ2v) is 5.28. The molecule has 0 aliphatic carbocycles. The SMILES string of the molecule is CC1CN(CCC(N)c2ccc(F)cc2)CCCO1. The van der Waals surface area contributed by atoms with E-state index in [0.29, 0.717) is 6.10 Å². The quantitative estimate of drug-likeness (QED) is 0.909. The monoisotopic (exact) mass is 266 g/mol. The lowest BCUT2D eigenvalue weighted by Crippen LogP contribution is -2.32. The summed E-state index contributed by atoms with van der Waals surface area (Å²) in [6.45, 7) is 5.96. The first-order valence-electron chi connectivity index (χ1n) is 7.00. The highest BCUT2D eigenvalue weighted by molar-refractivity contribution is 5.19. The largest absolute Gasteiger partial charge is 0.377 e. The predicted molar refractivity (Wildman–Crippen MR) is 74.4 cm³/mol. The van der Waals surface area contributed by atoms with E-state index in [1.165, 1.54) is 12.1 Å². The van der Waals surface area contributed by atoms with E-state index in [1.807, 2.05) is 0 Å². The van der Waals surface area contributed by atoms with Gasteiger partial charge in [-0.15, -0.1) is 0 Å². The Morgan fingerprint density at radius 1 is 1.42 bits per heavy atom. The van der Waals surface area contributed by atoms with Gasteiger partial charge in [0.1, 0.15) is 5.82 Å². The van der Waals surface area contributed by atoms with Gasteiger partial charge in [0.05, 0.1) is 6.10 Å². The standard InChI is InChI=1S/C15H23FN2O/c1-12-11-18(8-2-10-19-12)9-7-15(17)13-3-5-14(16)6-4-13/h3-6,12,15H,2,7-11,17H2,1H3. The molecule has 1 heterocycles. The highest BCUT2D eigenvalue weighted by Crippen LogP contribution is 2.16. The van der Waals surface area contributed by atoms with Crippen molar-refractivity contribution in [1.82, 2.24) is 4.90 Å². The molecule has 1 aromatic rings. The van der Waals surface area contributed by atoms with Crippen LogP contribution in [0.1, 0.15) is 31.4 Å². The highest BCUT2D eigenvalue weighted by atomic mass is 19.1.